The van der Waals surface area contributed by atoms with Crippen LogP contribution >= 0.6 is 22.9 Å². The first-order valence-electron chi connectivity index (χ1n) is 5.15. The highest BCUT2D eigenvalue weighted by molar-refractivity contribution is 7.11. The molecule has 0 atom stereocenters. The fourth-order valence-corrected chi connectivity index (χ4v) is 2.36. The summed E-state index contributed by atoms with van der Waals surface area (Å²) >= 11 is 7.32. The maximum Gasteiger partial charge on any atom is 0.289 e. The van der Waals surface area contributed by atoms with E-state index in [1.54, 1.807) is 23.6 Å². The SMILES string of the molecule is Cc1ncc(CNc2ccc(Cl)c([N+](=O)[O-])c2)s1. The minimum absolute atomic E-state index is 0.0952. The van der Waals surface area contributed by atoms with Gasteiger partial charge in [0.05, 0.1) is 16.5 Å². The van der Waals surface area contributed by atoms with Crippen LogP contribution in [-0.2, 0) is 6.54 Å². The molecule has 2 rings (SSSR count). The second kappa shape index (κ2) is 5.32. The fourth-order valence-electron chi connectivity index (χ4n) is 1.44. The predicted molar refractivity (Wildman–Crippen MR) is 72.3 cm³/mol. The summed E-state index contributed by atoms with van der Waals surface area (Å²) in [5.41, 5.74) is 0.569. The molecule has 5 nitrogen and oxygen atoms in total. The molecule has 94 valence electrons. The topological polar surface area (TPSA) is 68.1 Å². The molecule has 0 saturated heterocycles. The lowest BCUT2D eigenvalue weighted by Gasteiger charge is -2.04. The number of nitro benzene ring substituents is 1. The van der Waals surface area contributed by atoms with Crippen LogP contribution in [0.1, 0.15) is 9.88 Å². The van der Waals surface area contributed by atoms with Crippen LogP contribution < -0.4 is 5.32 Å². The number of nitro groups is 1. The molecule has 0 spiro atoms. The summed E-state index contributed by atoms with van der Waals surface area (Å²) in [5, 5.41) is 15.0. The molecule has 0 fully saturated rings. The number of anilines is 1. The van der Waals surface area contributed by atoms with Crippen LogP contribution in [0.3, 0.4) is 0 Å². The average molecular weight is 284 g/mol. The van der Waals surface area contributed by atoms with Gasteiger partial charge in [0.15, 0.2) is 0 Å². The Morgan fingerprint density at radius 2 is 2.33 bits per heavy atom. The second-order valence-corrected chi connectivity index (χ2v) is 5.35. The molecule has 7 heteroatoms. The highest BCUT2D eigenvalue weighted by atomic mass is 35.5. The van der Waals surface area contributed by atoms with Gasteiger partial charge in [-0.2, -0.15) is 0 Å². The van der Waals surface area contributed by atoms with Crippen LogP contribution in [-0.4, -0.2) is 9.91 Å². The number of nitrogens with one attached hydrogen (secondary N) is 1. The summed E-state index contributed by atoms with van der Waals surface area (Å²) in [6.07, 6.45) is 1.79. The Morgan fingerprint density at radius 1 is 1.56 bits per heavy atom. The minimum atomic E-state index is -0.496. The third kappa shape index (κ3) is 2.96. The smallest absolute Gasteiger partial charge is 0.289 e. The van der Waals surface area contributed by atoms with E-state index < -0.39 is 4.92 Å². The molecule has 1 aromatic carbocycles. The number of nitrogens with zero attached hydrogens (tertiary/aromatic N) is 2. The van der Waals surface area contributed by atoms with E-state index in [-0.39, 0.29) is 10.7 Å². The zero-order valence-electron chi connectivity index (χ0n) is 9.51. The summed E-state index contributed by atoms with van der Waals surface area (Å²) in [7, 11) is 0. The van der Waals surface area contributed by atoms with Crippen LogP contribution in [0, 0.1) is 17.0 Å². The van der Waals surface area contributed by atoms with E-state index in [9.17, 15) is 10.1 Å². The molecule has 1 N–H and O–H groups in total. The van der Waals surface area contributed by atoms with Crippen molar-refractivity contribution in [1.82, 2.24) is 4.98 Å². The molecule has 0 saturated carbocycles. The van der Waals surface area contributed by atoms with Crippen molar-refractivity contribution in [2.75, 3.05) is 5.32 Å². The standard InChI is InChI=1S/C11H10ClN3O2S/c1-7-13-5-9(18-7)6-14-8-2-3-10(12)11(4-8)15(16)17/h2-5,14H,6H2,1H3. The van der Waals surface area contributed by atoms with Gasteiger partial charge in [-0.25, -0.2) is 4.98 Å². The summed E-state index contributed by atoms with van der Waals surface area (Å²) in [4.78, 5) is 15.5. The molecule has 18 heavy (non-hydrogen) atoms. The van der Waals surface area contributed by atoms with Gasteiger partial charge in [0, 0.05) is 22.8 Å². The van der Waals surface area contributed by atoms with Crippen molar-refractivity contribution < 1.29 is 4.92 Å². The van der Waals surface area contributed by atoms with Crippen molar-refractivity contribution in [2.45, 2.75) is 13.5 Å². The summed E-state index contributed by atoms with van der Waals surface area (Å²) in [6.45, 7) is 2.52. The minimum Gasteiger partial charge on any atom is -0.380 e. The number of benzene rings is 1. The molecule has 1 aromatic heterocycles. The van der Waals surface area contributed by atoms with E-state index in [0.717, 1.165) is 9.88 Å². The van der Waals surface area contributed by atoms with Gasteiger partial charge >= 0.3 is 0 Å². The Bertz CT molecular complexity index is 585. The number of thiazole rings is 1. The Hall–Kier alpha value is -1.66. The van der Waals surface area contributed by atoms with Gasteiger partial charge in [-0.3, -0.25) is 10.1 Å². The molecule has 0 unspecified atom stereocenters. The molecule has 0 bridgehead atoms. The third-order valence-corrected chi connectivity index (χ3v) is 3.51. The van der Waals surface area contributed by atoms with Gasteiger partial charge in [-0.15, -0.1) is 11.3 Å². The number of rotatable bonds is 4. The zero-order valence-corrected chi connectivity index (χ0v) is 11.1. The van der Waals surface area contributed by atoms with Gasteiger partial charge in [-0.1, -0.05) is 11.6 Å². The Kier molecular flexibility index (Phi) is 3.78. The van der Waals surface area contributed by atoms with Crippen molar-refractivity contribution in [2.24, 2.45) is 0 Å². The van der Waals surface area contributed by atoms with E-state index >= 15 is 0 Å². The van der Waals surface area contributed by atoms with E-state index in [2.05, 4.69) is 10.3 Å². The first-order chi connectivity index (χ1) is 8.56. The van der Waals surface area contributed by atoms with E-state index in [1.807, 2.05) is 6.92 Å². The van der Waals surface area contributed by atoms with Gasteiger partial charge in [0.25, 0.3) is 5.69 Å². The molecular formula is C11H10ClN3O2S. The first-order valence-corrected chi connectivity index (χ1v) is 6.35. The molecule has 0 amide bonds. The van der Waals surface area contributed by atoms with Gasteiger partial charge < -0.3 is 5.32 Å². The van der Waals surface area contributed by atoms with Crippen LogP contribution in [0.15, 0.2) is 24.4 Å². The molecule has 1 heterocycles. The summed E-state index contributed by atoms with van der Waals surface area (Å²) in [5.74, 6) is 0. The lowest BCUT2D eigenvalue weighted by Crippen LogP contribution is -1.98. The van der Waals surface area contributed by atoms with Crippen molar-refractivity contribution in [3.63, 3.8) is 0 Å². The van der Waals surface area contributed by atoms with Crippen molar-refractivity contribution in [1.29, 1.82) is 0 Å². The molecule has 0 radical (unpaired) electrons. The van der Waals surface area contributed by atoms with Crippen molar-refractivity contribution in [3.8, 4) is 0 Å². The van der Waals surface area contributed by atoms with E-state index in [1.165, 1.54) is 12.1 Å². The number of halogens is 1. The normalized spacial score (nSPS) is 10.3. The monoisotopic (exact) mass is 283 g/mol. The summed E-state index contributed by atoms with van der Waals surface area (Å²) in [6, 6.07) is 4.65. The molecular weight excluding hydrogens is 274 g/mol. The molecule has 0 aliphatic carbocycles. The lowest BCUT2D eigenvalue weighted by atomic mass is 10.3. The average Bonchev–Trinajstić information content (AvgIpc) is 2.74. The van der Waals surface area contributed by atoms with Crippen LogP contribution in [0.4, 0.5) is 11.4 Å². The second-order valence-electron chi connectivity index (χ2n) is 3.62. The number of aryl methyl sites for hydroxylation is 1. The first kappa shape index (κ1) is 12.8. The largest absolute Gasteiger partial charge is 0.380 e. The third-order valence-electron chi connectivity index (χ3n) is 2.28. The quantitative estimate of drug-likeness (QED) is 0.687. The maximum absolute atomic E-state index is 10.7. The Balaban J connectivity index is 2.10. The highest BCUT2D eigenvalue weighted by Gasteiger charge is 2.12. The van der Waals surface area contributed by atoms with Crippen LogP contribution in [0.2, 0.25) is 5.02 Å². The van der Waals surface area contributed by atoms with E-state index in [0.29, 0.717) is 12.2 Å². The molecule has 0 aliphatic heterocycles. The van der Waals surface area contributed by atoms with Crippen molar-refractivity contribution >= 4 is 34.3 Å². The van der Waals surface area contributed by atoms with Gasteiger partial charge in [-0.05, 0) is 19.1 Å². The fraction of sp³-hybridized carbons (Fsp3) is 0.182. The zero-order chi connectivity index (χ0) is 13.1. The lowest BCUT2D eigenvalue weighted by molar-refractivity contribution is -0.384. The molecule has 0 aliphatic rings. The van der Waals surface area contributed by atoms with Crippen molar-refractivity contribution in [3.05, 3.63) is 49.4 Å². The highest BCUT2D eigenvalue weighted by Crippen LogP contribution is 2.27. The predicted octanol–water partition coefficient (Wildman–Crippen LogP) is 3.63. The maximum atomic E-state index is 10.7. The molecule has 2 aromatic rings. The Labute approximate surface area is 113 Å². The Morgan fingerprint density at radius 3 is 2.94 bits per heavy atom. The summed E-state index contributed by atoms with van der Waals surface area (Å²) < 4.78 is 0. The van der Waals surface area contributed by atoms with Crippen LogP contribution in [0.5, 0.6) is 0 Å². The van der Waals surface area contributed by atoms with Gasteiger partial charge in [0.1, 0.15) is 5.02 Å². The number of hydrogen-bond acceptors (Lipinski definition) is 5. The number of hydrogen-bond donors (Lipinski definition) is 1. The van der Waals surface area contributed by atoms with E-state index in [4.69, 9.17) is 11.6 Å². The number of aromatic nitrogens is 1. The van der Waals surface area contributed by atoms with Gasteiger partial charge in [0.2, 0.25) is 0 Å². The van der Waals surface area contributed by atoms with Crippen LogP contribution in [0.25, 0.3) is 0 Å².